The van der Waals surface area contributed by atoms with Crippen LogP contribution in [0.2, 0.25) is 0 Å². The number of carboxylic acids is 1. The highest BCUT2D eigenvalue weighted by Crippen LogP contribution is 2.16. The van der Waals surface area contributed by atoms with Gasteiger partial charge in [0.15, 0.2) is 5.82 Å². The Labute approximate surface area is 103 Å². The van der Waals surface area contributed by atoms with Crippen molar-refractivity contribution in [3.05, 3.63) is 11.8 Å². The second kappa shape index (κ2) is 4.94. The Morgan fingerprint density at radius 1 is 1.50 bits per heavy atom. The van der Waals surface area contributed by atoms with Crippen molar-refractivity contribution in [3.8, 4) is 11.5 Å². The molecule has 8 nitrogen and oxygen atoms in total. The van der Waals surface area contributed by atoms with E-state index < -0.39 is 5.97 Å². The van der Waals surface area contributed by atoms with E-state index in [2.05, 4.69) is 20.6 Å². The minimum atomic E-state index is -0.819. The van der Waals surface area contributed by atoms with Crippen molar-refractivity contribution in [2.75, 3.05) is 0 Å². The molecule has 8 heteroatoms. The fraction of sp³-hybridized carbons (Fsp3) is 0.500. The van der Waals surface area contributed by atoms with Crippen LogP contribution in [-0.2, 0) is 18.4 Å². The molecule has 0 aromatic carbocycles. The van der Waals surface area contributed by atoms with Gasteiger partial charge in [0, 0.05) is 20.0 Å². The van der Waals surface area contributed by atoms with Gasteiger partial charge >= 0.3 is 5.97 Å². The molecular formula is C10H14N6O2. The number of nitrogens with zero attached hydrogens (tertiary/aromatic N) is 6. The third kappa shape index (κ3) is 2.53. The van der Waals surface area contributed by atoms with Crippen LogP contribution in [-0.4, -0.2) is 41.1 Å². The Hall–Kier alpha value is -2.25. The summed E-state index contributed by atoms with van der Waals surface area (Å²) in [6.07, 6.45) is 0.591. The first-order valence-corrected chi connectivity index (χ1v) is 5.57. The lowest BCUT2D eigenvalue weighted by Gasteiger charge is -2.03. The van der Waals surface area contributed by atoms with Gasteiger partial charge in [-0.3, -0.25) is 9.48 Å². The van der Waals surface area contributed by atoms with Crippen LogP contribution in [0, 0.1) is 6.92 Å². The van der Waals surface area contributed by atoms with Gasteiger partial charge in [0.1, 0.15) is 5.69 Å². The van der Waals surface area contributed by atoms with Crippen molar-refractivity contribution in [2.24, 2.45) is 7.05 Å². The highest BCUT2D eigenvalue weighted by Gasteiger charge is 2.13. The lowest BCUT2D eigenvalue weighted by molar-refractivity contribution is -0.137. The van der Waals surface area contributed by atoms with Crippen molar-refractivity contribution in [1.29, 1.82) is 0 Å². The maximum Gasteiger partial charge on any atom is 0.303 e. The number of aryl methyl sites for hydroxylation is 3. The van der Waals surface area contributed by atoms with Crippen molar-refractivity contribution in [2.45, 2.75) is 26.3 Å². The molecule has 18 heavy (non-hydrogen) atoms. The van der Waals surface area contributed by atoms with Crippen LogP contribution < -0.4 is 0 Å². The summed E-state index contributed by atoms with van der Waals surface area (Å²) in [5, 5.41) is 24.3. The van der Waals surface area contributed by atoms with Crippen LogP contribution in [0.1, 0.15) is 18.5 Å². The molecule has 2 aromatic heterocycles. The average molecular weight is 250 g/mol. The quantitative estimate of drug-likeness (QED) is 0.816. The topological polar surface area (TPSA) is 98.7 Å². The van der Waals surface area contributed by atoms with Crippen LogP contribution in [0.4, 0.5) is 0 Å². The maximum atomic E-state index is 10.5. The van der Waals surface area contributed by atoms with E-state index in [0.717, 1.165) is 11.4 Å². The highest BCUT2D eigenvalue weighted by molar-refractivity contribution is 5.66. The molecule has 0 radical (unpaired) electrons. The molecular weight excluding hydrogens is 236 g/mol. The summed E-state index contributed by atoms with van der Waals surface area (Å²) in [4.78, 5) is 10.5. The van der Waals surface area contributed by atoms with E-state index in [1.807, 2.05) is 20.0 Å². The lowest BCUT2D eigenvalue weighted by Crippen LogP contribution is -2.07. The molecule has 0 fully saturated rings. The molecule has 0 bridgehead atoms. The zero-order valence-corrected chi connectivity index (χ0v) is 10.2. The Morgan fingerprint density at radius 2 is 2.28 bits per heavy atom. The molecule has 1 N–H and O–H groups in total. The van der Waals surface area contributed by atoms with Gasteiger partial charge in [0.05, 0.1) is 5.69 Å². The Bertz CT molecular complexity index is 558. The van der Waals surface area contributed by atoms with E-state index in [0.29, 0.717) is 18.8 Å². The normalized spacial score (nSPS) is 10.8. The van der Waals surface area contributed by atoms with Gasteiger partial charge in [0.2, 0.25) is 0 Å². The Kier molecular flexibility index (Phi) is 3.35. The molecule has 0 saturated carbocycles. The number of hydrogen-bond donors (Lipinski definition) is 1. The Morgan fingerprint density at radius 3 is 2.89 bits per heavy atom. The molecule has 0 aliphatic carbocycles. The molecule has 2 heterocycles. The summed E-state index contributed by atoms with van der Waals surface area (Å²) < 4.78 is 3.30. The van der Waals surface area contributed by atoms with Crippen LogP contribution in [0.3, 0.4) is 0 Å². The van der Waals surface area contributed by atoms with Crippen LogP contribution >= 0.6 is 0 Å². The minimum absolute atomic E-state index is 0.101. The molecule has 0 spiro atoms. The van der Waals surface area contributed by atoms with Gasteiger partial charge in [-0.15, -0.1) is 5.10 Å². The summed E-state index contributed by atoms with van der Waals surface area (Å²) in [6.45, 7) is 2.36. The largest absolute Gasteiger partial charge is 0.481 e. The van der Waals surface area contributed by atoms with E-state index in [1.54, 1.807) is 9.36 Å². The van der Waals surface area contributed by atoms with Crippen molar-refractivity contribution >= 4 is 5.97 Å². The first-order valence-electron chi connectivity index (χ1n) is 5.57. The van der Waals surface area contributed by atoms with Crippen molar-refractivity contribution in [1.82, 2.24) is 30.0 Å². The van der Waals surface area contributed by atoms with Crippen LogP contribution in [0.5, 0.6) is 0 Å². The number of carbonyl (C=O) groups is 1. The lowest BCUT2D eigenvalue weighted by atomic mass is 10.3. The fourth-order valence-corrected chi connectivity index (χ4v) is 1.74. The molecule has 2 rings (SSSR count). The van der Waals surface area contributed by atoms with Gasteiger partial charge in [-0.25, -0.2) is 4.68 Å². The third-order valence-corrected chi connectivity index (χ3v) is 2.52. The van der Waals surface area contributed by atoms with Gasteiger partial charge in [-0.1, -0.05) is 0 Å². The molecule has 0 saturated heterocycles. The Balaban J connectivity index is 2.17. The summed E-state index contributed by atoms with van der Waals surface area (Å²) in [6, 6.07) is 1.89. The van der Waals surface area contributed by atoms with Gasteiger partial charge in [0.25, 0.3) is 0 Å². The predicted octanol–water partition coefficient (Wildman–Crippen LogP) is 0.247. The van der Waals surface area contributed by atoms with E-state index in [-0.39, 0.29) is 6.42 Å². The number of aliphatic carboxylic acids is 1. The van der Waals surface area contributed by atoms with Crippen molar-refractivity contribution < 1.29 is 9.90 Å². The second-order valence-corrected chi connectivity index (χ2v) is 4.02. The standard InChI is InChI=1S/C10H14N6O2/c1-7-6-8(15(2)12-7)10-11-13-14-16(10)5-3-4-9(17)18/h6H,3-5H2,1-2H3,(H,17,18). The highest BCUT2D eigenvalue weighted by atomic mass is 16.4. The molecule has 0 aliphatic rings. The molecule has 0 amide bonds. The van der Waals surface area contributed by atoms with Crippen LogP contribution in [0.15, 0.2) is 6.07 Å². The van der Waals surface area contributed by atoms with Gasteiger partial charge < -0.3 is 5.11 Å². The van der Waals surface area contributed by atoms with E-state index in [4.69, 9.17) is 5.11 Å². The van der Waals surface area contributed by atoms with Crippen molar-refractivity contribution in [3.63, 3.8) is 0 Å². The smallest absolute Gasteiger partial charge is 0.303 e. The zero-order valence-electron chi connectivity index (χ0n) is 10.2. The number of hydrogen-bond acceptors (Lipinski definition) is 5. The molecule has 0 aliphatic heterocycles. The van der Waals surface area contributed by atoms with Gasteiger partial charge in [-0.05, 0) is 29.8 Å². The number of carboxylic acid groups (broad SMARTS) is 1. The summed E-state index contributed by atoms with van der Waals surface area (Å²) in [7, 11) is 1.82. The summed E-state index contributed by atoms with van der Waals surface area (Å²) in [5.41, 5.74) is 1.69. The molecule has 96 valence electrons. The number of rotatable bonds is 5. The monoisotopic (exact) mass is 250 g/mol. The molecule has 2 aromatic rings. The number of tetrazole rings is 1. The maximum absolute atomic E-state index is 10.5. The van der Waals surface area contributed by atoms with Crippen LogP contribution in [0.25, 0.3) is 11.5 Å². The average Bonchev–Trinajstić information content (AvgIpc) is 2.84. The second-order valence-electron chi connectivity index (χ2n) is 4.02. The van der Waals surface area contributed by atoms with E-state index in [9.17, 15) is 4.79 Å². The molecule has 0 atom stereocenters. The van der Waals surface area contributed by atoms with E-state index >= 15 is 0 Å². The third-order valence-electron chi connectivity index (χ3n) is 2.52. The first kappa shape index (κ1) is 12.2. The SMILES string of the molecule is Cc1cc(-c2nnnn2CCCC(=O)O)n(C)n1. The number of aromatic nitrogens is 6. The van der Waals surface area contributed by atoms with Gasteiger partial charge in [-0.2, -0.15) is 5.10 Å². The zero-order chi connectivity index (χ0) is 13.1. The predicted molar refractivity (Wildman–Crippen MR) is 61.6 cm³/mol. The summed E-state index contributed by atoms with van der Waals surface area (Å²) in [5.74, 6) is -0.218. The minimum Gasteiger partial charge on any atom is -0.481 e. The molecule has 0 unspecified atom stereocenters. The van der Waals surface area contributed by atoms with E-state index in [1.165, 1.54) is 0 Å². The summed E-state index contributed by atoms with van der Waals surface area (Å²) >= 11 is 0. The fourth-order valence-electron chi connectivity index (χ4n) is 1.74. The first-order chi connectivity index (χ1) is 8.58.